The van der Waals surface area contributed by atoms with Crippen molar-refractivity contribution in [2.75, 3.05) is 6.61 Å². The second-order valence-corrected chi connectivity index (χ2v) is 9.05. The van der Waals surface area contributed by atoms with Gasteiger partial charge in [-0.2, -0.15) is 9.78 Å². The fourth-order valence-electron chi connectivity index (χ4n) is 3.49. The molecule has 164 valence electrons. The fraction of sp³-hybridized carbons (Fsp3) is 0.400. The molecule has 0 aliphatic carbocycles. The van der Waals surface area contributed by atoms with Crippen molar-refractivity contribution in [3.63, 3.8) is 0 Å². The van der Waals surface area contributed by atoms with Gasteiger partial charge in [0.1, 0.15) is 11.6 Å². The topological polar surface area (TPSA) is 56.5 Å². The smallest absolute Gasteiger partial charge is 0.282 e. The molecule has 0 aliphatic rings. The molecular weight excluding hydrogens is 454 g/mol. The van der Waals surface area contributed by atoms with E-state index in [0.29, 0.717) is 29.3 Å². The molecule has 0 aliphatic heterocycles. The van der Waals surface area contributed by atoms with Crippen LogP contribution in [-0.2, 0) is 0 Å². The third-order valence-electron chi connectivity index (χ3n) is 5.52. The average molecular weight is 484 g/mol. The highest BCUT2D eigenvalue weighted by Gasteiger charge is 2.16. The first-order valence-electron chi connectivity index (χ1n) is 10.8. The van der Waals surface area contributed by atoms with Crippen LogP contribution in [0.4, 0.5) is 0 Å². The molecule has 6 heteroatoms. The number of halogens is 1. The van der Waals surface area contributed by atoms with E-state index in [0.717, 1.165) is 33.3 Å². The van der Waals surface area contributed by atoms with Crippen molar-refractivity contribution in [1.29, 1.82) is 0 Å². The van der Waals surface area contributed by atoms with E-state index in [1.165, 1.54) is 4.68 Å². The number of aryl methyl sites for hydroxylation is 1. The van der Waals surface area contributed by atoms with Crippen molar-refractivity contribution in [1.82, 2.24) is 9.66 Å². The Kier molecular flexibility index (Phi) is 7.31. The van der Waals surface area contributed by atoms with Crippen LogP contribution in [0.25, 0.3) is 10.9 Å². The maximum absolute atomic E-state index is 13.3. The van der Waals surface area contributed by atoms with Gasteiger partial charge in [0.05, 0.1) is 23.7 Å². The van der Waals surface area contributed by atoms with E-state index >= 15 is 0 Å². The Morgan fingerprint density at radius 1 is 1.19 bits per heavy atom. The average Bonchev–Trinajstić information content (AvgIpc) is 2.73. The number of fused-ring (bicyclic) bond motifs is 1. The Morgan fingerprint density at radius 2 is 1.94 bits per heavy atom. The molecule has 5 nitrogen and oxygen atoms in total. The van der Waals surface area contributed by atoms with Crippen molar-refractivity contribution in [2.24, 2.45) is 5.10 Å². The summed E-state index contributed by atoms with van der Waals surface area (Å²) in [5.41, 5.74) is 3.67. The SMILES string of the molecule is CCOc1cc(C)c(C=Nn2c([C@H](C)CC)nc3ccc(Br)cc3c2=O)cc1C(C)C. The first kappa shape index (κ1) is 23.2. The molecule has 0 saturated heterocycles. The third kappa shape index (κ3) is 4.90. The molecule has 0 radical (unpaired) electrons. The molecule has 3 aromatic rings. The van der Waals surface area contributed by atoms with E-state index in [-0.39, 0.29) is 11.5 Å². The van der Waals surface area contributed by atoms with Gasteiger partial charge < -0.3 is 4.74 Å². The lowest BCUT2D eigenvalue weighted by atomic mass is 9.97. The van der Waals surface area contributed by atoms with Crippen LogP contribution in [0.1, 0.15) is 75.4 Å². The molecule has 1 atom stereocenters. The van der Waals surface area contributed by atoms with Crippen molar-refractivity contribution in [2.45, 2.75) is 59.8 Å². The zero-order chi connectivity index (χ0) is 22.7. The van der Waals surface area contributed by atoms with Crippen molar-refractivity contribution in [3.8, 4) is 5.75 Å². The van der Waals surface area contributed by atoms with Crippen LogP contribution in [0.5, 0.6) is 5.75 Å². The molecule has 1 heterocycles. The van der Waals surface area contributed by atoms with Gasteiger partial charge >= 0.3 is 0 Å². The molecule has 0 saturated carbocycles. The molecule has 0 N–H and O–H groups in total. The van der Waals surface area contributed by atoms with Crippen LogP contribution in [0, 0.1) is 6.92 Å². The number of nitrogens with zero attached hydrogens (tertiary/aromatic N) is 3. The largest absolute Gasteiger partial charge is 0.494 e. The van der Waals surface area contributed by atoms with Crippen molar-refractivity contribution in [3.05, 3.63) is 67.7 Å². The molecular formula is C25H30BrN3O2. The van der Waals surface area contributed by atoms with Crippen LogP contribution in [0.2, 0.25) is 0 Å². The third-order valence-corrected chi connectivity index (χ3v) is 6.01. The molecule has 0 amide bonds. The van der Waals surface area contributed by atoms with E-state index in [4.69, 9.17) is 9.72 Å². The first-order valence-corrected chi connectivity index (χ1v) is 11.6. The zero-order valence-corrected chi connectivity index (χ0v) is 20.7. The van der Waals surface area contributed by atoms with Gasteiger partial charge in [0, 0.05) is 10.4 Å². The molecule has 0 unspecified atom stereocenters. The lowest BCUT2D eigenvalue weighted by molar-refractivity contribution is 0.335. The van der Waals surface area contributed by atoms with Gasteiger partial charge in [0.25, 0.3) is 5.56 Å². The lowest BCUT2D eigenvalue weighted by Gasteiger charge is -2.16. The number of hydrogen-bond donors (Lipinski definition) is 0. The van der Waals surface area contributed by atoms with E-state index in [2.05, 4.69) is 54.8 Å². The van der Waals surface area contributed by atoms with Crippen molar-refractivity contribution < 1.29 is 4.74 Å². The van der Waals surface area contributed by atoms with Crippen LogP contribution in [-0.4, -0.2) is 22.5 Å². The number of benzene rings is 2. The molecule has 2 aromatic carbocycles. The summed E-state index contributed by atoms with van der Waals surface area (Å²) in [6.07, 6.45) is 2.62. The first-order chi connectivity index (χ1) is 14.8. The molecule has 0 fully saturated rings. The fourth-order valence-corrected chi connectivity index (χ4v) is 3.85. The summed E-state index contributed by atoms with van der Waals surface area (Å²) < 4.78 is 8.12. The summed E-state index contributed by atoms with van der Waals surface area (Å²) in [7, 11) is 0. The molecule has 3 rings (SSSR count). The minimum Gasteiger partial charge on any atom is -0.494 e. The normalized spacial score (nSPS) is 12.8. The number of aromatic nitrogens is 2. The predicted octanol–water partition coefficient (Wildman–Crippen LogP) is 6.39. The van der Waals surface area contributed by atoms with E-state index in [1.807, 2.05) is 32.0 Å². The zero-order valence-electron chi connectivity index (χ0n) is 19.1. The summed E-state index contributed by atoms with van der Waals surface area (Å²) in [5.74, 6) is 1.99. The van der Waals surface area contributed by atoms with Gasteiger partial charge in [0.15, 0.2) is 0 Å². The van der Waals surface area contributed by atoms with E-state index in [1.54, 1.807) is 12.3 Å². The molecule has 0 bridgehead atoms. The quantitative estimate of drug-likeness (QED) is 0.366. The van der Waals surface area contributed by atoms with Gasteiger partial charge in [-0.05, 0) is 73.2 Å². The monoisotopic (exact) mass is 483 g/mol. The highest BCUT2D eigenvalue weighted by atomic mass is 79.9. The molecule has 1 aromatic heterocycles. The van der Waals surface area contributed by atoms with Crippen LogP contribution in [0.3, 0.4) is 0 Å². The molecule has 31 heavy (non-hydrogen) atoms. The van der Waals surface area contributed by atoms with Crippen LogP contribution < -0.4 is 10.3 Å². The van der Waals surface area contributed by atoms with Crippen molar-refractivity contribution >= 4 is 33.0 Å². The Labute approximate surface area is 192 Å². The molecule has 0 spiro atoms. The lowest BCUT2D eigenvalue weighted by Crippen LogP contribution is -2.23. The van der Waals surface area contributed by atoms with Gasteiger partial charge in [-0.25, -0.2) is 4.98 Å². The number of rotatable bonds is 7. The summed E-state index contributed by atoms with van der Waals surface area (Å²) in [5, 5.41) is 5.17. The van der Waals surface area contributed by atoms with Gasteiger partial charge in [-0.15, -0.1) is 0 Å². The van der Waals surface area contributed by atoms with Crippen LogP contribution in [0.15, 0.2) is 44.7 Å². The minimum atomic E-state index is -0.162. The Morgan fingerprint density at radius 3 is 2.58 bits per heavy atom. The highest BCUT2D eigenvalue weighted by Crippen LogP contribution is 2.29. The van der Waals surface area contributed by atoms with Gasteiger partial charge in [0.2, 0.25) is 0 Å². The van der Waals surface area contributed by atoms with Crippen LogP contribution >= 0.6 is 15.9 Å². The standard InChI is InChI=1S/C25H30BrN3O2/c1-7-16(5)24-28-22-10-9-19(26)13-21(22)25(30)29(24)27-14-18-12-20(15(3)4)23(31-8-2)11-17(18)6/h9-16H,7-8H2,1-6H3/t16-/m1/s1. The second-order valence-electron chi connectivity index (χ2n) is 8.14. The second kappa shape index (κ2) is 9.77. The Balaban J connectivity index is 2.17. The summed E-state index contributed by atoms with van der Waals surface area (Å²) in [4.78, 5) is 18.1. The Bertz CT molecular complexity index is 1180. The summed E-state index contributed by atoms with van der Waals surface area (Å²) in [6, 6.07) is 9.73. The highest BCUT2D eigenvalue weighted by molar-refractivity contribution is 9.10. The summed E-state index contributed by atoms with van der Waals surface area (Å²) in [6.45, 7) is 13.1. The Hall–Kier alpha value is -2.47. The maximum Gasteiger partial charge on any atom is 0.282 e. The van der Waals surface area contributed by atoms with E-state index < -0.39 is 0 Å². The minimum absolute atomic E-state index is 0.102. The number of ether oxygens (including phenoxy) is 1. The van der Waals surface area contributed by atoms with Gasteiger partial charge in [-0.3, -0.25) is 4.79 Å². The predicted molar refractivity (Wildman–Crippen MR) is 132 cm³/mol. The van der Waals surface area contributed by atoms with E-state index in [9.17, 15) is 4.79 Å². The summed E-state index contributed by atoms with van der Waals surface area (Å²) >= 11 is 3.45. The maximum atomic E-state index is 13.3. The van der Waals surface area contributed by atoms with Gasteiger partial charge in [-0.1, -0.05) is 43.6 Å². The number of hydrogen-bond acceptors (Lipinski definition) is 4.